The van der Waals surface area contributed by atoms with Gasteiger partial charge in [-0.15, -0.1) is 23.1 Å². The number of halogens is 4. The Hall–Kier alpha value is -2.04. The summed E-state index contributed by atoms with van der Waals surface area (Å²) in [5.74, 6) is -1.94. The predicted octanol–water partition coefficient (Wildman–Crippen LogP) is 4.32. The molecule has 3 rings (SSSR count). The zero-order chi connectivity index (χ0) is 18.9. The molecule has 2 aromatic heterocycles. The molecule has 26 heavy (non-hydrogen) atoms. The van der Waals surface area contributed by atoms with Gasteiger partial charge < -0.3 is 5.32 Å². The first kappa shape index (κ1) is 18.7. The van der Waals surface area contributed by atoms with Crippen molar-refractivity contribution in [2.45, 2.75) is 11.1 Å². The minimum atomic E-state index is -4.39. The Bertz CT molecular complexity index is 1030. The van der Waals surface area contributed by atoms with Gasteiger partial charge in [-0.05, 0) is 12.1 Å². The van der Waals surface area contributed by atoms with E-state index < -0.39 is 23.4 Å². The Morgan fingerprint density at radius 2 is 2.15 bits per heavy atom. The molecule has 1 amide bonds. The van der Waals surface area contributed by atoms with Crippen molar-refractivity contribution >= 4 is 51.3 Å². The number of alkyl halides is 3. The molecule has 0 aliphatic rings. The number of hydrogen-bond acceptors (Lipinski definition) is 5. The van der Waals surface area contributed by atoms with Gasteiger partial charge in [0.2, 0.25) is 0 Å². The first-order valence-electron chi connectivity index (χ1n) is 7.00. The van der Waals surface area contributed by atoms with Gasteiger partial charge in [0.25, 0.3) is 11.5 Å². The van der Waals surface area contributed by atoms with E-state index in [0.717, 1.165) is 6.20 Å². The fourth-order valence-corrected chi connectivity index (χ4v) is 3.88. The SMILES string of the molecule is O=C(Nc1cccc(Cl)c1SCC(F)(F)F)c1cnc2sccn2c1=O. The maximum atomic E-state index is 12.5. The zero-order valence-corrected chi connectivity index (χ0v) is 15.1. The third-order valence-electron chi connectivity index (χ3n) is 3.18. The number of rotatable bonds is 4. The van der Waals surface area contributed by atoms with Crippen LogP contribution in [-0.4, -0.2) is 27.2 Å². The highest BCUT2D eigenvalue weighted by atomic mass is 35.5. The highest BCUT2D eigenvalue weighted by molar-refractivity contribution is 7.99. The van der Waals surface area contributed by atoms with Crippen LogP contribution >= 0.6 is 34.7 Å². The number of nitrogens with one attached hydrogen (secondary N) is 1. The summed E-state index contributed by atoms with van der Waals surface area (Å²) >= 11 is 7.66. The van der Waals surface area contributed by atoms with Gasteiger partial charge in [-0.3, -0.25) is 14.0 Å². The van der Waals surface area contributed by atoms with Crippen molar-refractivity contribution in [3.8, 4) is 0 Å². The maximum Gasteiger partial charge on any atom is 0.398 e. The molecule has 0 spiro atoms. The molecule has 1 N–H and O–H groups in total. The summed E-state index contributed by atoms with van der Waals surface area (Å²) in [4.78, 5) is 29.3. The number of amides is 1. The van der Waals surface area contributed by atoms with Gasteiger partial charge in [-0.2, -0.15) is 13.2 Å². The summed E-state index contributed by atoms with van der Waals surface area (Å²) in [5.41, 5.74) is -0.709. The zero-order valence-electron chi connectivity index (χ0n) is 12.7. The standard InChI is InChI=1S/C15H9ClF3N3O2S2/c16-9-2-1-3-10(11(9)26-7-15(17,18)19)21-12(23)8-6-20-14-22(13(8)24)4-5-25-14/h1-6H,7H2,(H,21,23). The van der Waals surface area contributed by atoms with Crippen molar-refractivity contribution in [2.75, 3.05) is 11.1 Å². The molecule has 3 aromatic rings. The fourth-order valence-electron chi connectivity index (χ4n) is 2.08. The van der Waals surface area contributed by atoms with E-state index >= 15 is 0 Å². The Morgan fingerprint density at radius 3 is 2.88 bits per heavy atom. The number of carbonyl (C=O) groups excluding carboxylic acids is 1. The third kappa shape index (κ3) is 4.02. The molecule has 0 bridgehead atoms. The lowest BCUT2D eigenvalue weighted by Gasteiger charge is -2.13. The van der Waals surface area contributed by atoms with E-state index in [0.29, 0.717) is 16.7 Å². The summed E-state index contributed by atoms with van der Waals surface area (Å²) in [6.07, 6.45) is -1.77. The van der Waals surface area contributed by atoms with E-state index in [1.807, 2.05) is 0 Å². The number of anilines is 1. The lowest BCUT2D eigenvalue weighted by molar-refractivity contribution is -0.105. The Labute approximate surface area is 157 Å². The van der Waals surface area contributed by atoms with Crippen LogP contribution in [0.25, 0.3) is 4.96 Å². The number of aromatic nitrogens is 2. The number of hydrogen-bond donors (Lipinski definition) is 1. The van der Waals surface area contributed by atoms with Crippen molar-refractivity contribution in [1.29, 1.82) is 0 Å². The Morgan fingerprint density at radius 1 is 1.38 bits per heavy atom. The van der Waals surface area contributed by atoms with Crippen LogP contribution in [0.2, 0.25) is 5.02 Å². The monoisotopic (exact) mass is 419 g/mol. The van der Waals surface area contributed by atoms with Gasteiger partial charge in [-0.25, -0.2) is 4.98 Å². The highest BCUT2D eigenvalue weighted by Crippen LogP contribution is 2.37. The molecule has 2 heterocycles. The normalized spacial score (nSPS) is 11.7. The van der Waals surface area contributed by atoms with E-state index in [1.54, 1.807) is 5.38 Å². The fraction of sp³-hybridized carbons (Fsp3) is 0.133. The van der Waals surface area contributed by atoms with Crippen LogP contribution < -0.4 is 10.9 Å². The molecule has 11 heteroatoms. The van der Waals surface area contributed by atoms with Crippen LogP contribution in [-0.2, 0) is 0 Å². The molecule has 1 aromatic carbocycles. The molecule has 0 aliphatic heterocycles. The first-order chi connectivity index (χ1) is 12.3. The van der Waals surface area contributed by atoms with Crippen LogP contribution in [0.15, 0.2) is 45.7 Å². The smallest absolute Gasteiger partial charge is 0.321 e. The quantitative estimate of drug-likeness (QED) is 0.640. The van der Waals surface area contributed by atoms with Crippen LogP contribution in [0, 0.1) is 0 Å². The summed E-state index contributed by atoms with van der Waals surface area (Å²) in [5, 5.41) is 4.16. The van der Waals surface area contributed by atoms with Crippen molar-refractivity contribution in [3.05, 3.63) is 56.9 Å². The topological polar surface area (TPSA) is 63.5 Å². The molecule has 5 nitrogen and oxygen atoms in total. The van der Waals surface area contributed by atoms with Gasteiger partial charge in [-0.1, -0.05) is 17.7 Å². The van der Waals surface area contributed by atoms with E-state index in [1.165, 1.54) is 40.1 Å². The molecule has 0 aliphatic carbocycles. The van der Waals surface area contributed by atoms with Gasteiger partial charge in [0, 0.05) is 22.7 Å². The largest absolute Gasteiger partial charge is 0.398 e. The average molecular weight is 420 g/mol. The number of thioether (sulfide) groups is 1. The van der Waals surface area contributed by atoms with Gasteiger partial charge in [0.15, 0.2) is 4.96 Å². The number of thiazole rings is 1. The van der Waals surface area contributed by atoms with Crippen molar-refractivity contribution < 1.29 is 18.0 Å². The van der Waals surface area contributed by atoms with Crippen molar-refractivity contribution in [2.24, 2.45) is 0 Å². The van der Waals surface area contributed by atoms with Gasteiger partial charge in [0.1, 0.15) is 5.56 Å². The summed E-state index contributed by atoms with van der Waals surface area (Å²) < 4.78 is 38.7. The first-order valence-corrected chi connectivity index (χ1v) is 9.25. The van der Waals surface area contributed by atoms with E-state index in [-0.39, 0.29) is 21.2 Å². The molecular formula is C15H9ClF3N3O2S2. The van der Waals surface area contributed by atoms with E-state index in [4.69, 9.17) is 11.6 Å². The minimum absolute atomic E-state index is 0.0696. The number of benzene rings is 1. The number of nitrogens with zero attached hydrogens (tertiary/aromatic N) is 2. The van der Waals surface area contributed by atoms with E-state index in [9.17, 15) is 22.8 Å². The minimum Gasteiger partial charge on any atom is -0.321 e. The number of carbonyl (C=O) groups is 1. The summed E-state index contributed by atoms with van der Waals surface area (Å²) in [7, 11) is 0. The molecule has 0 saturated heterocycles. The second-order valence-corrected chi connectivity index (χ2v) is 7.27. The number of fused-ring (bicyclic) bond motifs is 1. The lowest BCUT2D eigenvalue weighted by atomic mass is 10.2. The molecule has 0 fully saturated rings. The third-order valence-corrected chi connectivity index (χ3v) is 5.58. The summed E-state index contributed by atoms with van der Waals surface area (Å²) in [6.45, 7) is 0. The predicted molar refractivity (Wildman–Crippen MR) is 95.5 cm³/mol. The van der Waals surface area contributed by atoms with Crippen molar-refractivity contribution in [1.82, 2.24) is 9.38 Å². The van der Waals surface area contributed by atoms with Crippen molar-refractivity contribution in [3.63, 3.8) is 0 Å². The molecule has 136 valence electrons. The van der Waals surface area contributed by atoms with Gasteiger partial charge in [0.05, 0.1) is 16.5 Å². The average Bonchev–Trinajstić information content (AvgIpc) is 3.03. The lowest BCUT2D eigenvalue weighted by Crippen LogP contribution is -2.26. The van der Waals surface area contributed by atoms with E-state index in [2.05, 4.69) is 10.3 Å². The molecule has 0 radical (unpaired) electrons. The highest BCUT2D eigenvalue weighted by Gasteiger charge is 2.28. The summed E-state index contributed by atoms with van der Waals surface area (Å²) in [6, 6.07) is 4.32. The second kappa shape index (κ2) is 7.29. The molecule has 0 unspecified atom stereocenters. The van der Waals surface area contributed by atoms with Gasteiger partial charge >= 0.3 is 6.18 Å². The Kier molecular flexibility index (Phi) is 5.26. The van der Waals surface area contributed by atoms with Crippen LogP contribution in [0.1, 0.15) is 10.4 Å². The molecule has 0 atom stereocenters. The van der Waals surface area contributed by atoms with Crippen LogP contribution in [0.3, 0.4) is 0 Å². The Balaban J connectivity index is 1.90. The molecular weight excluding hydrogens is 411 g/mol. The second-order valence-electron chi connectivity index (χ2n) is 5.01. The maximum absolute atomic E-state index is 12.5. The van der Waals surface area contributed by atoms with Crippen LogP contribution in [0.4, 0.5) is 18.9 Å². The molecule has 0 saturated carbocycles. The van der Waals surface area contributed by atoms with Crippen LogP contribution in [0.5, 0.6) is 0 Å².